The van der Waals surface area contributed by atoms with Crippen LogP contribution in [0.15, 0.2) is 18.2 Å². The largest absolute Gasteiger partial charge is 0.465 e. The van der Waals surface area contributed by atoms with E-state index in [0.29, 0.717) is 28.6 Å². The van der Waals surface area contributed by atoms with Crippen molar-refractivity contribution >= 4 is 33.4 Å². The van der Waals surface area contributed by atoms with Gasteiger partial charge in [0.2, 0.25) is 0 Å². The number of nitrogens with two attached hydrogens (primary N) is 1. The average Bonchev–Trinajstić information content (AvgIpc) is 2.29. The van der Waals surface area contributed by atoms with E-state index >= 15 is 0 Å². The third-order valence-corrected chi connectivity index (χ3v) is 2.49. The van der Waals surface area contributed by atoms with Gasteiger partial charge in [0.05, 0.1) is 12.7 Å². The van der Waals surface area contributed by atoms with Gasteiger partial charge in [-0.3, -0.25) is 4.79 Å². The number of hydrogen-bond donors (Lipinski definition) is 1. The lowest BCUT2D eigenvalue weighted by atomic mass is 10.0. The molecular formula is C11H12BrNO3. The molecule has 0 saturated heterocycles. The predicted octanol–water partition coefficient (Wildman–Crippen LogP) is 2.02. The maximum atomic E-state index is 11.7. The normalized spacial score (nSPS) is 9.88. The number of carbonyl (C=O) groups is 2. The molecule has 4 nitrogen and oxygen atoms in total. The second-order valence-electron chi connectivity index (χ2n) is 3.16. The smallest absolute Gasteiger partial charge is 0.337 e. The third kappa shape index (κ3) is 2.82. The van der Waals surface area contributed by atoms with Crippen molar-refractivity contribution in [3.05, 3.63) is 29.3 Å². The van der Waals surface area contributed by atoms with Crippen LogP contribution in [0.5, 0.6) is 0 Å². The summed E-state index contributed by atoms with van der Waals surface area (Å²) in [5, 5.41) is 0.563. The zero-order valence-corrected chi connectivity index (χ0v) is 10.4. The Morgan fingerprint density at radius 2 is 2.12 bits per heavy atom. The molecule has 0 aliphatic carbocycles. The molecule has 1 aromatic rings. The second-order valence-corrected chi connectivity index (χ2v) is 3.95. The van der Waals surface area contributed by atoms with Crippen LogP contribution in [0.3, 0.4) is 0 Å². The number of carbonyl (C=O) groups excluding carboxylic acids is 2. The Hall–Kier alpha value is -1.36. The molecule has 1 aromatic carbocycles. The first-order chi connectivity index (χ1) is 7.60. The van der Waals surface area contributed by atoms with Crippen LogP contribution in [0.25, 0.3) is 0 Å². The molecule has 0 radical (unpaired) electrons. The van der Waals surface area contributed by atoms with Crippen molar-refractivity contribution < 1.29 is 14.3 Å². The maximum absolute atomic E-state index is 11.7. The van der Waals surface area contributed by atoms with Gasteiger partial charge in [0, 0.05) is 23.0 Å². The lowest BCUT2D eigenvalue weighted by Crippen LogP contribution is -2.08. The van der Waals surface area contributed by atoms with E-state index < -0.39 is 5.97 Å². The Bertz CT molecular complexity index is 418. The molecule has 16 heavy (non-hydrogen) atoms. The van der Waals surface area contributed by atoms with Crippen molar-refractivity contribution in [3.8, 4) is 0 Å². The molecule has 0 spiro atoms. The summed E-state index contributed by atoms with van der Waals surface area (Å²) in [6.45, 7) is 0. The Morgan fingerprint density at radius 3 is 2.69 bits per heavy atom. The van der Waals surface area contributed by atoms with Crippen LogP contribution in [-0.4, -0.2) is 24.2 Å². The lowest BCUT2D eigenvalue weighted by Gasteiger charge is -2.06. The molecule has 0 aliphatic heterocycles. The molecule has 0 atom stereocenters. The molecule has 2 N–H and O–H groups in total. The van der Waals surface area contributed by atoms with Gasteiger partial charge >= 0.3 is 5.97 Å². The summed E-state index contributed by atoms with van der Waals surface area (Å²) in [6, 6.07) is 4.53. The molecule has 0 unspecified atom stereocenters. The summed E-state index contributed by atoms with van der Waals surface area (Å²) >= 11 is 3.18. The van der Waals surface area contributed by atoms with Crippen molar-refractivity contribution in [2.75, 3.05) is 18.2 Å². The predicted molar refractivity (Wildman–Crippen MR) is 64.9 cm³/mol. The minimum Gasteiger partial charge on any atom is -0.465 e. The molecule has 0 saturated carbocycles. The number of esters is 1. The molecule has 0 aromatic heterocycles. The van der Waals surface area contributed by atoms with Crippen molar-refractivity contribution in [2.45, 2.75) is 6.42 Å². The molecule has 0 bridgehead atoms. The Labute approximate surface area is 102 Å². The quantitative estimate of drug-likeness (QED) is 0.398. The van der Waals surface area contributed by atoms with Gasteiger partial charge in [-0.2, -0.15) is 0 Å². The Balaban J connectivity index is 3.08. The van der Waals surface area contributed by atoms with Gasteiger partial charge in [-0.05, 0) is 18.2 Å². The fourth-order valence-electron chi connectivity index (χ4n) is 1.26. The molecule has 5 heteroatoms. The number of alkyl halides is 1. The Morgan fingerprint density at radius 1 is 1.44 bits per heavy atom. The van der Waals surface area contributed by atoms with E-state index in [-0.39, 0.29) is 5.78 Å². The highest BCUT2D eigenvalue weighted by Gasteiger charge is 2.13. The monoisotopic (exact) mass is 285 g/mol. The highest BCUT2D eigenvalue weighted by atomic mass is 79.9. The number of rotatable bonds is 4. The minimum absolute atomic E-state index is 0.0971. The van der Waals surface area contributed by atoms with E-state index in [2.05, 4.69) is 20.7 Å². The summed E-state index contributed by atoms with van der Waals surface area (Å²) in [5.74, 6) is -0.576. The van der Waals surface area contributed by atoms with Gasteiger partial charge in [-0.15, -0.1) is 0 Å². The zero-order chi connectivity index (χ0) is 12.1. The van der Waals surface area contributed by atoms with Gasteiger partial charge in [-0.25, -0.2) is 4.79 Å². The number of halogens is 1. The summed E-state index contributed by atoms with van der Waals surface area (Å²) < 4.78 is 4.57. The minimum atomic E-state index is -0.479. The number of ether oxygens (including phenoxy) is 1. The lowest BCUT2D eigenvalue weighted by molar-refractivity contribution is 0.0601. The van der Waals surface area contributed by atoms with Crippen LogP contribution in [0.1, 0.15) is 27.1 Å². The highest BCUT2D eigenvalue weighted by molar-refractivity contribution is 9.09. The summed E-state index contributed by atoms with van der Waals surface area (Å²) in [7, 11) is 1.29. The summed E-state index contributed by atoms with van der Waals surface area (Å²) in [5.41, 5.74) is 6.74. The number of benzene rings is 1. The fraction of sp³-hybridized carbons (Fsp3) is 0.273. The number of Topliss-reactive ketones (excluding diaryl/α,β-unsaturated/α-hetero) is 1. The first kappa shape index (κ1) is 12.7. The summed E-state index contributed by atoms with van der Waals surface area (Å²) in [6.07, 6.45) is 0.342. The molecule has 0 aliphatic rings. The molecular weight excluding hydrogens is 274 g/mol. The van der Waals surface area contributed by atoms with Crippen LogP contribution in [-0.2, 0) is 4.74 Å². The van der Waals surface area contributed by atoms with Gasteiger partial charge in [0.1, 0.15) is 0 Å². The number of hydrogen-bond acceptors (Lipinski definition) is 4. The van der Waals surface area contributed by atoms with E-state index in [1.165, 1.54) is 25.3 Å². The molecule has 0 amide bonds. The van der Waals surface area contributed by atoms with E-state index in [9.17, 15) is 9.59 Å². The van der Waals surface area contributed by atoms with Crippen molar-refractivity contribution in [1.29, 1.82) is 0 Å². The van der Waals surface area contributed by atoms with E-state index in [4.69, 9.17) is 5.73 Å². The van der Waals surface area contributed by atoms with Crippen molar-refractivity contribution in [1.82, 2.24) is 0 Å². The highest BCUT2D eigenvalue weighted by Crippen LogP contribution is 2.17. The molecule has 0 fully saturated rings. The fourth-order valence-corrected chi connectivity index (χ4v) is 1.62. The number of methoxy groups -OCH3 is 1. The van der Waals surface area contributed by atoms with Crippen LogP contribution >= 0.6 is 15.9 Å². The van der Waals surface area contributed by atoms with E-state index in [0.717, 1.165) is 0 Å². The van der Waals surface area contributed by atoms with Crippen molar-refractivity contribution in [3.63, 3.8) is 0 Å². The van der Waals surface area contributed by atoms with Gasteiger partial charge in [0.25, 0.3) is 0 Å². The summed E-state index contributed by atoms with van der Waals surface area (Å²) in [4.78, 5) is 22.9. The van der Waals surface area contributed by atoms with Crippen LogP contribution < -0.4 is 5.73 Å². The standard InChI is InChI=1S/C11H12BrNO3/c1-16-11(15)7-2-3-9(13)8(6-7)10(14)4-5-12/h2-3,6H,4-5,13H2,1H3. The van der Waals surface area contributed by atoms with Crippen LogP contribution in [0.4, 0.5) is 5.69 Å². The van der Waals surface area contributed by atoms with E-state index in [1.807, 2.05) is 0 Å². The Kier molecular flexibility index (Phi) is 4.49. The van der Waals surface area contributed by atoms with E-state index in [1.54, 1.807) is 0 Å². The van der Waals surface area contributed by atoms with Gasteiger partial charge in [-0.1, -0.05) is 15.9 Å². The first-order valence-electron chi connectivity index (χ1n) is 4.67. The second kappa shape index (κ2) is 5.65. The first-order valence-corrected chi connectivity index (χ1v) is 5.79. The van der Waals surface area contributed by atoms with Gasteiger partial charge < -0.3 is 10.5 Å². The maximum Gasteiger partial charge on any atom is 0.337 e. The topological polar surface area (TPSA) is 69.4 Å². The molecule has 86 valence electrons. The number of nitrogen functional groups attached to an aromatic ring is 1. The van der Waals surface area contributed by atoms with Crippen LogP contribution in [0, 0.1) is 0 Å². The SMILES string of the molecule is COC(=O)c1ccc(N)c(C(=O)CCBr)c1. The van der Waals surface area contributed by atoms with Crippen LogP contribution in [0.2, 0.25) is 0 Å². The molecule has 0 heterocycles. The third-order valence-electron chi connectivity index (χ3n) is 2.10. The van der Waals surface area contributed by atoms with Crippen molar-refractivity contribution in [2.24, 2.45) is 0 Å². The number of anilines is 1. The van der Waals surface area contributed by atoms with Gasteiger partial charge in [0.15, 0.2) is 5.78 Å². The molecule has 1 rings (SSSR count). The average molecular weight is 286 g/mol. The number of ketones is 1. The zero-order valence-electron chi connectivity index (χ0n) is 8.83.